The molecule has 2 aliphatic carbocycles. The molecule has 1 saturated heterocycles. The average molecular weight is 477 g/mol. The molecule has 0 spiro atoms. The molecule has 0 atom stereocenters. The smallest absolute Gasteiger partial charge is 0.407 e. The van der Waals surface area contributed by atoms with Crippen LogP contribution in [0.5, 0.6) is 0 Å². The lowest BCUT2D eigenvalue weighted by molar-refractivity contribution is -0.153. The van der Waals surface area contributed by atoms with Crippen LogP contribution in [0.25, 0.3) is 11.1 Å². The van der Waals surface area contributed by atoms with Gasteiger partial charge in [-0.3, -0.25) is 9.59 Å². The molecule has 2 N–H and O–H groups in total. The summed E-state index contributed by atoms with van der Waals surface area (Å²) in [5.74, 6) is -0.422. The third-order valence-corrected chi connectivity index (χ3v) is 8.10. The first-order valence-electron chi connectivity index (χ1n) is 12.5. The summed E-state index contributed by atoms with van der Waals surface area (Å²) < 4.78 is 5.62. The zero-order chi connectivity index (χ0) is 24.6. The zero-order valence-corrected chi connectivity index (χ0v) is 20.0. The Labute approximate surface area is 205 Å². The minimum Gasteiger partial charge on any atom is -0.481 e. The van der Waals surface area contributed by atoms with Crippen molar-refractivity contribution < 1.29 is 24.2 Å². The van der Waals surface area contributed by atoms with Gasteiger partial charge in [0.05, 0.1) is 5.41 Å². The molecule has 3 aliphatic rings. The molecule has 2 aromatic carbocycles. The molecule has 2 amide bonds. The molecule has 184 valence electrons. The molecule has 0 unspecified atom stereocenters. The molecule has 2 aromatic rings. The maximum Gasteiger partial charge on any atom is 0.407 e. The number of ether oxygens (including phenoxy) is 1. The highest BCUT2D eigenvalue weighted by molar-refractivity contribution is 5.79. The Hall–Kier alpha value is -3.35. The molecule has 0 bridgehead atoms. The summed E-state index contributed by atoms with van der Waals surface area (Å²) in [5.41, 5.74) is 4.04. The fraction of sp³-hybridized carbons (Fsp3) is 0.464. The van der Waals surface area contributed by atoms with Gasteiger partial charge in [0.1, 0.15) is 6.61 Å². The molecule has 7 nitrogen and oxygen atoms in total. The van der Waals surface area contributed by atoms with Crippen molar-refractivity contribution >= 4 is 18.0 Å². The SMILES string of the molecule is CC1(C(=O)O)CCN(C(=O)CC2CC(NC(=O)OCC3c4ccccc4-c4ccccc43)C2)CC1. The van der Waals surface area contributed by atoms with Gasteiger partial charge in [0.25, 0.3) is 0 Å². The number of hydrogen-bond acceptors (Lipinski definition) is 4. The van der Waals surface area contributed by atoms with Crippen LogP contribution in [0.3, 0.4) is 0 Å². The van der Waals surface area contributed by atoms with E-state index in [1.807, 2.05) is 24.3 Å². The van der Waals surface area contributed by atoms with Crippen molar-refractivity contribution in [2.24, 2.45) is 11.3 Å². The largest absolute Gasteiger partial charge is 0.481 e. The predicted octanol–water partition coefficient (Wildman–Crippen LogP) is 4.41. The summed E-state index contributed by atoms with van der Waals surface area (Å²) in [7, 11) is 0. The van der Waals surface area contributed by atoms with Crippen LogP contribution in [0.15, 0.2) is 48.5 Å². The molecule has 0 radical (unpaired) electrons. The van der Waals surface area contributed by atoms with E-state index in [-0.39, 0.29) is 23.8 Å². The lowest BCUT2D eigenvalue weighted by Gasteiger charge is -2.39. The Morgan fingerprint density at radius 2 is 1.57 bits per heavy atom. The van der Waals surface area contributed by atoms with Crippen LogP contribution in [0.1, 0.15) is 56.1 Å². The molecular weight excluding hydrogens is 444 g/mol. The number of rotatable bonds is 6. The summed E-state index contributed by atoms with van der Waals surface area (Å²) in [5, 5.41) is 12.3. The number of alkyl carbamates (subject to hydrolysis) is 1. The van der Waals surface area contributed by atoms with E-state index in [0.717, 1.165) is 12.8 Å². The average Bonchev–Trinajstić information content (AvgIpc) is 3.15. The Balaban J connectivity index is 1.05. The van der Waals surface area contributed by atoms with Gasteiger partial charge in [-0.2, -0.15) is 0 Å². The van der Waals surface area contributed by atoms with E-state index in [1.165, 1.54) is 22.3 Å². The maximum absolute atomic E-state index is 12.6. The number of hydrogen-bond donors (Lipinski definition) is 2. The number of aliphatic carboxylic acids is 1. The highest BCUT2D eigenvalue weighted by Crippen LogP contribution is 2.44. The molecule has 0 aromatic heterocycles. The normalized spacial score (nSPS) is 22.5. The van der Waals surface area contributed by atoms with Crippen molar-refractivity contribution in [2.75, 3.05) is 19.7 Å². The second-order valence-corrected chi connectivity index (χ2v) is 10.5. The summed E-state index contributed by atoms with van der Waals surface area (Å²) in [6, 6.07) is 16.5. The number of carbonyl (C=O) groups excluding carboxylic acids is 2. The summed E-state index contributed by atoms with van der Waals surface area (Å²) in [6.45, 7) is 3.03. The van der Waals surface area contributed by atoms with Gasteiger partial charge in [-0.05, 0) is 60.8 Å². The Morgan fingerprint density at radius 1 is 1.00 bits per heavy atom. The van der Waals surface area contributed by atoms with Crippen molar-refractivity contribution in [3.05, 3.63) is 59.7 Å². The fourth-order valence-electron chi connectivity index (χ4n) is 5.67. The first-order chi connectivity index (χ1) is 16.8. The molecule has 35 heavy (non-hydrogen) atoms. The molecule has 5 rings (SSSR count). The van der Waals surface area contributed by atoms with Crippen LogP contribution in [-0.4, -0.2) is 53.7 Å². The highest BCUT2D eigenvalue weighted by atomic mass is 16.5. The van der Waals surface area contributed by atoms with Gasteiger partial charge < -0.3 is 20.1 Å². The molecule has 1 aliphatic heterocycles. The van der Waals surface area contributed by atoms with Gasteiger partial charge in [-0.1, -0.05) is 48.5 Å². The van der Waals surface area contributed by atoms with Crippen molar-refractivity contribution in [1.82, 2.24) is 10.2 Å². The number of nitrogens with one attached hydrogen (secondary N) is 1. The van der Waals surface area contributed by atoms with E-state index in [9.17, 15) is 19.5 Å². The maximum atomic E-state index is 12.6. The van der Waals surface area contributed by atoms with E-state index in [4.69, 9.17) is 4.74 Å². The van der Waals surface area contributed by atoms with E-state index in [2.05, 4.69) is 29.6 Å². The molecule has 2 fully saturated rings. The number of benzene rings is 2. The second kappa shape index (κ2) is 9.36. The third kappa shape index (κ3) is 4.64. The quantitative estimate of drug-likeness (QED) is 0.644. The van der Waals surface area contributed by atoms with Crippen LogP contribution in [-0.2, 0) is 14.3 Å². The molecular formula is C28H32N2O5. The van der Waals surface area contributed by atoms with Gasteiger partial charge in [0, 0.05) is 31.5 Å². The Bertz CT molecular complexity index is 1090. The van der Waals surface area contributed by atoms with Gasteiger partial charge in [-0.25, -0.2) is 4.79 Å². The van der Waals surface area contributed by atoms with E-state index in [1.54, 1.807) is 11.8 Å². The Morgan fingerprint density at radius 3 is 2.14 bits per heavy atom. The van der Waals surface area contributed by atoms with Crippen molar-refractivity contribution in [3.8, 4) is 11.1 Å². The number of likely N-dealkylation sites (tertiary alicyclic amines) is 1. The highest BCUT2D eigenvalue weighted by Gasteiger charge is 2.39. The van der Waals surface area contributed by atoms with Gasteiger partial charge in [0.15, 0.2) is 0 Å². The lowest BCUT2D eigenvalue weighted by atomic mass is 9.77. The van der Waals surface area contributed by atoms with Crippen LogP contribution in [0, 0.1) is 11.3 Å². The molecule has 1 heterocycles. The monoisotopic (exact) mass is 476 g/mol. The van der Waals surface area contributed by atoms with Gasteiger partial charge in [0.2, 0.25) is 5.91 Å². The standard InChI is InChI=1S/C28H32N2O5/c1-28(26(32)33)10-12-30(13-11-28)25(31)16-18-14-19(15-18)29-27(34)35-17-24-22-8-4-2-6-20(22)21-7-3-5-9-23(21)24/h2-9,18-19,24H,10-17H2,1H3,(H,29,34)(H,32,33). The summed E-state index contributed by atoms with van der Waals surface area (Å²) in [4.78, 5) is 38.3. The topological polar surface area (TPSA) is 95.9 Å². The minimum atomic E-state index is -0.786. The van der Waals surface area contributed by atoms with Gasteiger partial charge in [-0.15, -0.1) is 0 Å². The molecule has 1 saturated carbocycles. The number of piperidine rings is 1. The number of carbonyl (C=O) groups is 3. The minimum absolute atomic E-state index is 0.0279. The number of amides is 2. The molecule has 7 heteroatoms. The lowest BCUT2D eigenvalue weighted by Crippen LogP contribution is -2.48. The second-order valence-electron chi connectivity index (χ2n) is 10.5. The zero-order valence-electron chi connectivity index (χ0n) is 20.0. The fourth-order valence-corrected chi connectivity index (χ4v) is 5.67. The first kappa shape index (κ1) is 23.4. The van der Waals surface area contributed by atoms with Crippen LogP contribution < -0.4 is 5.32 Å². The summed E-state index contributed by atoms with van der Waals surface area (Å²) in [6.07, 6.45) is 2.54. The third-order valence-electron chi connectivity index (χ3n) is 8.10. The van der Waals surface area contributed by atoms with E-state index >= 15 is 0 Å². The van der Waals surface area contributed by atoms with Crippen LogP contribution in [0.4, 0.5) is 4.79 Å². The van der Waals surface area contributed by atoms with Crippen molar-refractivity contribution in [3.63, 3.8) is 0 Å². The first-order valence-corrected chi connectivity index (χ1v) is 12.5. The number of fused-ring (bicyclic) bond motifs is 3. The number of nitrogens with zero attached hydrogens (tertiary/aromatic N) is 1. The van der Waals surface area contributed by atoms with E-state index in [0.29, 0.717) is 39.0 Å². The van der Waals surface area contributed by atoms with Gasteiger partial charge >= 0.3 is 12.1 Å². The van der Waals surface area contributed by atoms with E-state index < -0.39 is 17.5 Å². The predicted molar refractivity (Wildman–Crippen MR) is 131 cm³/mol. The van der Waals surface area contributed by atoms with Crippen molar-refractivity contribution in [2.45, 2.75) is 51.0 Å². The van der Waals surface area contributed by atoms with Crippen LogP contribution in [0.2, 0.25) is 0 Å². The Kier molecular flexibility index (Phi) is 6.26. The summed E-state index contributed by atoms with van der Waals surface area (Å²) >= 11 is 0. The van der Waals surface area contributed by atoms with Crippen molar-refractivity contribution in [1.29, 1.82) is 0 Å². The number of carboxylic acids is 1. The van der Waals surface area contributed by atoms with Crippen LogP contribution >= 0.6 is 0 Å². The number of carboxylic acid groups (broad SMARTS) is 1.